The van der Waals surface area contributed by atoms with Crippen molar-refractivity contribution in [1.82, 2.24) is 14.9 Å². The lowest BCUT2D eigenvalue weighted by Gasteiger charge is -2.31. The van der Waals surface area contributed by atoms with Crippen molar-refractivity contribution in [3.05, 3.63) is 35.4 Å². The molecule has 0 spiro atoms. The number of nitrogens with two attached hydrogens (primary N) is 1. The average molecular weight is 486 g/mol. The Morgan fingerprint density at radius 2 is 2.00 bits per heavy atom. The summed E-state index contributed by atoms with van der Waals surface area (Å²) in [5.74, 6) is 2.58. The van der Waals surface area contributed by atoms with Gasteiger partial charge in [-0.2, -0.15) is 14.5 Å². The van der Waals surface area contributed by atoms with E-state index in [0.29, 0.717) is 37.1 Å². The molecule has 4 rings (SSSR count). The molecule has 0 saturated carbocycles. The van der Waals surface area contributed by atoms with E-state index in [0.717, 1.165) is 25.2 Å². The molecular formula is C23H32N7O3P. The molecular weight excluding hydrogens is 453 g/mol. The van der Waals surface area contributed by atoms with Crippen LogP contribution in [0.25, 0.3) is 0 Å². The van der Waals surface area contributed by atoms with E-state index in [-0.39, 0.29) is 18.3 Å². The van der Waals surface area contributed by atoms with Crippen LogP contribution < -0.4 is 25.7 Å². The molecule has 1 unspecified atom stereocenters. The number of hydrogen-bond acceptors (Lipinski definition) is 9. The van der Waals surface area contributed by atoms with Gasteiger partial charge in [0.15, 0.2) is 11.6 Å². The van der Waals surface area contributed by atoms with Crippen molar-refractivity contribution in [2.45, 2.75) is 32.9 Å². The van der Waals surface area contributed by atoms with Crippen LogP contribution in [0.3, 0.4) is 0 Å². The van der Waals surface area contributed by atoms with Crippen molar-refractivity contribution in [2.24, 2.45) is 0 Å². The molecule has 1 aromatic heterocycles. The number of likely N-dealkylation sites (tertiary alicyclic amines) is 1. The van der Waals surface area contributed by atoms with Crippen LogP contribution in [0.5, 0.6) is 0 Å². The fourth-order valence-corrected chi connectivity index (χ4v) is 4.97. The number of fused-ring (bicyclic) bond motifs is 1. The second-order valence-electron chi connectivity index (χ2n) is 8.58. The third kappa shape index (κ3) is 6.01. The van der Waals surface area contributed by atoms with Crippen molar-refractivity contribution >= 4 is 43.0 Å². The maximum Gasteiger partial charge on any atom is 0.244 e. The molecule has 2 aliphatic rings. The molecule has 2 aromatic rings. The number of nitrogens with zero attached hydrogens (tertiary/aromatic N) is 5. The van der Waals surface area contributed by atoms with Gasteiger partial charge in [0.25, 0.3) is 0 Å². The zero-order valence-corrected chi connectivity index (χ0v) is 20.6. The number of anilines is 4. The highest BCUT2D eigenvalue weighted by Gasteiger charge is 2.28. The van der Waals surface area contributed by atoms with Gasteiger partial charge >= 0.3 is 0 Å². The molecule has 11 heteroatoms. The van der Waals surface area contributed by atoms with Gasteiger partial charge in [0.2, 0.25) is 19.9 Å². The van der Waals surface area contributed by atoms with Crippen molar-refractivity contribution in [3.8, 4) is 0 Å². The third-order valence-electron chi connectivity index (χ3n) is 5.88. The number of carbonyl (C=O) groups is 1. The molecule has 1 fully saturated rings. The molecule has 10 nitrogen and oxygen atoms in total. The Hall–Kier alpha value is -2.78. The van der Waals surface area contributed by atoms with Crippen LogP contribution in [0.2, 0.25) is 0 Å². The topological polar surface area (TPSA) is 123 Å². The minimum Gasteiger partial charge on any atom is -0.603 e. The van der Waals surface area contributed by atoms with E-state index in [1.807, 2.05) is 4.90 Å². The van der Waals surface area contributed by atoms with E-state index in [2.05, 4.69) is 39.5 Å². The Kier molecular flexibility index (Phi) is 7.95. The number of nitrogens with one attached hydrogen (secondary N) is 1. The summed E-state index contributed by atoms with van der Waals surface area (Å²) in [4.78, 5) is 39.4. The van der Waals surface area contributed by atoms with Crippen molar-refractivity contribution in [3.63, 3.8) is 0 Å². The minimum atomic E-state index is -1.85. The molecule has 1 saturated heterocycles. The van der Waals surface area contributed by atoms with Crippen LogP contribution in [0.4, 0.5) is 23.3 Å². The van der Waals surface area contributed by atoms with E-state index < -0.39 is 8.00 Å². The van der Waals surface area contributed by atoms with Gasteiger partial charge in [0.05, 0.1) is 19.7 Å². The summed E-state index contributed by atoms with van der Waals surface area (Å²) in [5, 5.41) is 2.81. The van der Waals surface area contributed by atoms with E-state index >= 15 is 0 Å². The first-order valence-corrected chi connectivity index (χ1v) is 12.8. The molecule has 3 heterocycles. The number of amides is 1. The first-order chi connectivity index (χ1) is 16.4. The fourth-order valence-electron chi connectivity index (χ4n) is 4.23. The Bertz CT molecular complexity index is 1060. The number of rotatable bonds is 9. The van der Waals surface area contributed by atoms with Gasteiger partial charge in [-0.15, -0.1) is 0 Å². The second kappa shape index (κ2) is 11.1. The zero-order chi connectivity index (χ0) is 24.1. The van der Waals surface area contributed by atoms with Gasteiger partial charge in [-0.1, -0.05) is 24.3 Å². The average Bonchev–Trinajstić information content (AvgIpc) is 3.31. The predicted octanol–water partition coefficient (Wildman–Crippen LogP) is 1.56. The molecule has 3 N–H and O–H groups in total. The predicted molar refractivity (Wildman–Crippen MR) is 135 cm³/mol. The molecule has 1 atom stereocenters. The Morgan fingerprint density at radius 3 is 2.74 bits per heavy atom. The summed E-state index contributed by atoms with van der Waals surface area (Å²) in [5.41, 5.74) is 8.99. The Morgan fingerprint density at radius 1 is 1.26 bits per heavy atom. The highest BCUT2D eigenvalue weighted by Crippen LogP contribution is 2.34. The summed E-state index contributed by atoms with van der Waals surface area (Å²) < 4.78 is 5.09. The first kappa shape index (κ1) is 24.3. The lowest BCUT2D eigenvalue weighted by Crippen LogP contribution is -2.39. The summed E-state index contributed by atoms with van der Waals surface area (Å²) in [6.07, 6.45) is 2.52. The van der Waals surface area contributed by atoms with E-state index in [9.17, 15) is 9.69 Å². The second-order valence-corrected chi connectivity index (χ2v) is 9.78. The number of hydrogen-bond donors (Lipinski definition) is 2. The molecule has 1 amide bonds. The van der Waals surface area contributed by atoms with Gasteiger partial charge in [-0.05, 0) is 44.0 Å². The molecule has 0 aliphatic carbocycles. The minimum absolute atomic E-state index is 0.154. The summed E-state index contributed by atoms with van der Waals surface area (Å²) in [6.45, 7) is 6.43. The number of carbonyl (C=O) groups excluding carboxylic acids is 1. The molecule has 1 aromatic carbocycles. The normalized spacial score (nSPS) is 16.5. The lowest BCUT2D eigenvalue weighted by molar-refractivity contribution is -0.171. The maximum absolute atomic E-state index is 12.4. The van der Waals surface area contributed by atoms with Gasteiger partial charge in [0.1, 0.15) is 11.5 Å². The molecule has 0 radical (unpaired) electrons. The number of aromatic nitrogens is 2. The largest absolute Gasteiger partial charge is 0.603 e. The quantitative estimate of drug-likeness (QED) is 0.510. The molecule has 34 heavy (non-hydrogen) atoms. The zero-order valence-electron chi connectivity index (χ0n) is 19.7. The smallest absolute Gasteiger partial charge is 0.244 e. The Balaban J connectivity index is 1.55. The van der Waals surface area contributed by atoms with Crippen LogP contribution in [-0.2, 0) is 22.4 Å². The van der Waals surface area contributed by atoms with Crippen LogP contribution in [-0.4, -0.2) is 66.4 Å². The van der Waals surface area contributed by atoms with Crippen LogP contribution in [0, 0.1) is 0 Å². The maximum atomic E-state index is 12.4. The third-order valence-corrected chi connectivity index (χ3v) is 6.85. The van der Waals surface area contributed by atoms with Crippen LogP contribution >= 0.6 is 8.00 Å². The first-order valence-electron chi connectivity index (χ1n) is 11.6. The fraction of sp³-hybridized carbons (Fsp3) is 0.478. The van der Waals surface area contributed by atoms with Crippen LogP contribution in [0.1, 0.15) is 30.9 Å². The van der Waals surface area contributed by atoms with Crippen molar-refractivity contribution < 1.29 is 14.2 Å². The highest BCUT2D eigenvalue weighted by atomic mass is 31.1. The monoisotopic (exact) mass is 485 g/mol. The highest BCUT2D eigenvalue weighted by molar-refractivity contribution is 7.44. The van der Waals surface area contributed by atoms with Gasteiger partial charge < -0.3 is 25.7 Å². The SMILES string of the molecule is CCO/[P+]([O-])=C/CN(C)c1nc(N)c2c(n1)N(Cc1cccc(CN3CCCC3)c1)CC(=O)N2. The van der Waals surface area contributed by atoms with Crippen LogP contribution in [0.15, 0.2) is 24.3 Å². The van der Waals surface area contributed by atoms with Gasteiger partial charge in [0, 0.05) is 20.1 Å². The summed E-state index contributed by atoms with van der Waals surface area (Å²) >= 11 is 0. The van der Waals surface area contributed by atoms with Gasteiger partial charge in [-0.3, -0.25) is 9.69 Å². The van der Waals surface area contributed by atoms with E-state index in [1.165, 1.54) is 18.4 Å². The van der Waals surface area contributed by atoms with Gasteiger partial charge in [-0.25, -0.2) is 0 Å². The number of nitrogen functional groups attached to an aromatic ring is 1. The summed E-state index contributed by atoms with van der Waals surface area (Å²) in [6, 6.07) is 8.47. The lowest BCUT2D eigenvalue weighted by atomic mass is 10.1. The van der Waals surface area contributed by atoms with Crippen molar-refractivity contribution in [1.29, 1.82) is 0 Å². The molecule has 2 aliphatic heterocycles. The summed E-state index contributed by atoms with van der Waals surface area (Å²) in [7, 11) is -0.0597. The van der Waals surface area contributed by atoms with Crippen molar-refractivity contribution in [2.75, 3.05) is 60.7 Å². The van der Waals surface area contributed by atoms with E-state index in [1.54, 1.807) is 24.7 Å². The van der Waals surface area contributed by atoms with E-state index in [4.69, 9.17) is 15.2 Å². The standard InChI is InChI=1S/C23H32N7O3P/c1-3-33-34(32)12-11-28(2)23-26-21(24)20-22(27-23)30(16-19(31)25-20)15-18-8-6-7-17(13-18)14-29-9-4-5-10-29/h6-8,12-13H,3-5,9-11,14-16H2,1-2H3,(H,25,31)(H2,24,26,27). The molecule has 0 bridgehead atoms. The Labute approximate surface area is 201 Å². The molecule has 182 valence electrons. The number of benzene rings is 1.